The lowest BCUT2D eigenvalue weighted by molar-refractivity contribution is 0.729. The molecule has 0 saturated heterocycles. The Hall–Kier alpha value is -0.770. The van der Waals surface area contributed by atoms with Crippen LogP contribution in [0.4, 0.5) is 0 Å². The highest BCUT2D eigenvalue weighted by Crippen LogP contribution is 2.32. The molecule has 2 N–H and O–H groups in total. The van der Waals surface area contributed by atoms with Gasteiger partial charge in [-0.2, -0.15) is 0 Å². The first-order valence-corrected chi connectivity index (χ1v) is 7.53. The quantitative estimate of drug-likeness (QED) is 0.897. The highest BCUT2D eigenvalue weighted by Gasteiger charge is 2.07. The molecule has 2 rings (SSSR count). The number of benzene rings is 2. The van der Waals surface area contributed by atoms with Gasteiger partial charge in [-0.15, -0.1) is 0 Å². The van der Waals surface area contributed by atoms with Gasteiger partial charge in [-0.3, -0.25) is 0 Å². The van der Waals surface area contributed by atoms with Crippen LogP contribution in [0.5, 0.6) is 0 Å². The van der Waals surface area contributed by atoms with E-state index in [0.717, 1.165) is 10.9 Å². The van der Waals surface area contributed by atoms with Gasteiger partial charge >= 0.3 is 0 Å². The topological polar surface area (TPSA) is 26.0 Å². The van der Waals surface area contributed by atoms with Crippen LogP contribution in [0, 0.1) is 0 Å². The molecule has 0 bridgehead atoms. The molecule has 0 radical (unpaired) electrons. The molecule has 0 aliphatic carbocycles. The summed E-state index contributed by atoms with van der Waals surface area (Å²) in [7, 11) is 0. The van der Waals surface area contributed by atoms with Gasteiger partial charge in [0.25, 0.3) is 0 Å². The summed E-state index contributed by atoms with van der Waals surface area (Å²) in [5.41, 5.74) is 7.21. The third-order valence-corrected chi connectivity index (χ3v) is 4.15. The second-order valence-electron chi connectivity index (χ2n) is 4.35. The van der Waals surface area contributed by atoms with Crippen molar-refractivity contribution < 1.29 is 0 Å². The van der Waals surface area contributed by atoms with Crippen LogP contribution in [0.25, 0.3) is 0 Å². The van der Waals surface area contributed by atoms with Gasteiger partial charge in [-0.05, 0) is 49.2 Å². The summed E-state index contributed by atoms with van der Waals surface area (Å²) >= 11 is 5.31. The summed E-state index contributed by atoms with van der Waals surface area (Å²) in [5, 5.41) is 0. The molecule has 2 aromatic rings. The minimum absolute atomic E-state index is 0.175. The van der Waals surface area contributed by atoms with Gasteiger partial charge in [0.15, 0.2) is 0 Å². The second-order valence-corrected chi connectivity index (χ2v) is 6.38. The first kappa shape index (κ1) is 13.7. The Kier molecular flexibility index (Phi) is 4.87. The zero-order valence-corrected chi connectivity index (χ0v) is 12.7. The van der Waals surface area contributed by atoms with Crippen molar-refractivity contribution in [2.75, 3.05) is 0 Å². The van der Waals surface area contributed by atoms with Gasteiger partial charge in [-0.1, -0.05) is 45.9 Å². The third kappa shape index (κ3) is 3.87. The van der Waals surface area contributed by atoms with E-state index in [1.54, 1.807) is 11.8 Å². The van der Waals surface area contributed by atoms with E-state index in [1.807, 2.05) is 13.0 Å². The van der Waals surface area contributed by atoms with Gasteiger partial charge in [0.2, 0.25) is 0 Å². The second kappa shape index (κ2) is 6.41. The molecule has 0 saturated carbocycles. The summed E-state index contributed by atoms with van der Waals surface area (Å²) < 4.78 is 1.11. The van der Waals surface area contributed by atoms with Crippen LogP contribution < -0.4 is 5.73 Å². The fourth-order valence-electron chi connectivity index (χ4n) is 1.77. The Morgan fingerprint density at radius 1 is 1.17 bits per heavy atom. The summed E-state index contributed by atoms with van der Waals surface area (Å²) in [6, 6.07) is 17.0. The molecule has 0 aromatic heterocycles. The molecule has 0 spiro atoms. The van der Waals surface area contributed by atoms with E-state index in [1.165, 1.54) is 15.4 Å². The maximum Gasteiger partial charge on any atom is 0.0178 e. The van der Waals surface area contributed by atoms with Crippen LogP contribution in [0.2, 0.25) is 0 Å². The molecule has 3 heteroatoms. The highest BCUT2D eigenvalue weighted by atomic mass is 79.9. The Morgan fingerprint density at radius 3 is 2.56 bits per heavy atom. The molecular weight excluding hydrogens is 306 g/mol. The molecule has 0 fully saturated rings. The lowest BCUT2D eigenvalue weighted by Crippen LogP contribution is -2.18. The van der Waals surface area contributed by atoms with Crippen LogP contribution >= 0.6 is 27.7 Å². The normalized spacial score (nSPS) is 12.4. The standard InChI is InChI=1S/C15H16BrNS/c1-11(17)9-12-10-13(16)7-8-15(12)18-14-5-3-2-4-6-14/h2-8,10-11H,9,17H2,1H3. The van der Waals surface area contributed by atoms with Crippen molar-refractivity contribution in [1.29, 1.82) is 0 Å². The monoisotopic (exact) mass is 321 g/mol. The maximum atomic E-state index is 5.91. The zero-order valence-electron chi connectivity index (χ0n) is 10.3. The average Bonchev–Trinajstić information content (AvgIpc) is 2.33. The first-order chi connectivity index (χ1) is 8.65. The molecule has 2 aromatic carbocycles. The Bertz CT molecular complexity index is 511. The van der Waals surface area contributed by atoms with Gasteiger partial charge in [0.1, 0.15) is 0 Å². The number of nitrogens with two attached hydrogens (primary N) is 1. The van der Waals surface area contributed by atoms with Crippen molar-refractivity contribution >= 4 is 27.7 Å². The smallest absolute Gasteiger partial charge is 0.0178 e. The van der Waals surface area contributed by atoms with Gasteiger partial charge in [0, 0.05) is 20.3 Å². The first-order valence-electron chi connectivity index (χ1n) is 5.92. The fourth-order valence-corrected chi connectivity index (χ4v) is 3.13. The molecule has 1 unspecified atom stereocenters. The van der Waals surface area contributed by atoms with Crippen LogP contribution in [0.3, 0.4) is 0 Å². The minimum atomic E-state index is 0.175. The van der Waals surface area contributed by atoms with E-state index in [0.29, 0.717) is 0 Å². The lowest BCUT2D eigenvalue weighted by Gasteiger charge is -2.12. The molecule has 0 aliphatic heterocycles. The van der Waals surface area contributed by atoms with E-state index in [4.69, 9.17) is 5.73 Å². The predicted octanol–water partition coefficient (Wildman–Crippen LogP) is 4.49. The number of halogens is 1. The van der Waals surface area contributed by atoms with E-state index in [2.05, 4.69) is 58.4 Å². The fraction of sp³-hybridized carbons (Fsp3) is 0.200. The third-order valence-electron chi connectivity index (χ3n) is 2.54. The van der Waals surface area contributed by atoms with E-state index >= 15 is 0 Å². The number of hydrogen-bond acceptors (Lipinski definition) is 2. The summed E-state index contributed by atoms with van der Waals surface area (Å²) in [6.07, 6.45) is 0.897. The maximum absolute atomic E-state index is 5.91. The molecule has 94 valence electrons. The Morgan fingerprint density at radius 2 is 1.89 bits per heavy atom. The average molecular weight is 322 g/mol. The van der Waals surface area contributed by atoms with Crippen LogP contribution in [0.15, 0.2) is 62.8 Å². The van der Waals surface area contributed by atoms with Gasteiger partial charge in [-0.25, -0.2) is 0 Å². The number of rotatable bonds is 4. The number of hydrogen-bond donors (Lipinski definition) is 1. The Balaban J connectivity index is 2.26. The van der Waals surface area contributed by atoms with Crippen molar-refractivity contribution in [2.45, 2.75) is 29.2 Å². The molecule has 18 heavy (non-hydrogen) atoms. The van der Waals surface area contributed by atoms with Crippen molar-refractivity contribution in [1.82, 2.24) is 0 Å². The summed E-state index contributed by atoms with van der Waals surface area (Å²) in [5.74, 6) is 0. The molecule has 1 nitrogen and oxygen atoms in total. The SMILES string of the molecule is CC(N)Cc1cc(Br)ccc1Sc1ccccc1. The molecular formula is C15H16BrNS. The zero-order chi connectivity index (χ0) is 13.0. The summed E-state index contributed by atoms with van der Waals surface area (Å²) in [6.45, 7) is 2.04. The molecule has 0 aliphatic rings. The van der Waals surface area contributed by atoms with Gasteiger partial charge < -0.3 is 5.73 Å². The van der Waals surface area contributed by atoms with Crippen LogP contribution in [0.1, 0.15) is 12.5 Å². The van der Waals surface area contributed by atoms with E-state index in [-0.39, 0.29) is 6.04 Å². The van der Waals surface area contributed by atoms with Crippen LogP contribution in [-0.4, -0.2) is 6.04 Å². The van der Waals surface area contributed by atoms with E-state index in [9.17, 15) is 0 Å². The lowest BCUT2D eigenvalue weighted by atomic mass is 10.1. The van der Waals surface area contributed by atoms with Crippen molar-refractivity contribution in [3.05, 3.63) is 58.6 Å². The van der Waals surface area contributed by atoms with Crippen LogP contribution in [-0.2, 0) is 6.42 Å². The molecule has 0 heterocycles. The summed E-state index contributed by atoms with van der Waals surface area (Å²) in [4.78, 5) is 2.53. The largest absolute Gasteiger partial charge is 0.328 e. The highest BCUT2D eigenvalue weighted by molar-refractivity contribution is 9.10. The molecule has 1 atom stereocenters. The van der Waals surface area contributed by atoms with Crippen molar-refractivity contribution in [2.24, 2.45) is 5.73 Å². The van der Waals surface area contributed by atoms with E-state index < -0.39 is 0 Å². The predicted molar refractivity (Wildman–Crippen MR) is 82.1 cm³/mol. The van der Waals surface area contributed by atoms with Crippen molar-refractivity contribution in [3.8, 4) is 0 Å². The van der Waals surface area contributed by atoms with Gasteiger partial charge in [0.05, 0.1) is 0 Å². The van der Waals surface area contributed by atoms with Crippen molar-refractivity contribution in [3.63, 3.8) is 0 Å². The minimum Gasteiger partial charge on any atom is -0.328 e. The Labute approximate surface area is 121 Å². The molecule has 0 amide bonds.